The molecule has 0 radical (unpaired) electrons. The average molecular weight is 301 g/mol. The number of benzene rings is 1. The van der Waals surface area contributed by atoms with E-state index >= 15 is 0 Å². The first-order valence-corrected chi connectivity index (χ1v) is 5.95. The number of rotatable bonds is 3. The summed E-state index contributed by atoms with van der Waals surface area (Å²) in [6.07, 6.45) is 5.20. The van der Waals surface area contributed by atoms with Crippen molar-refractivity contribution in [1.82, 2.24) is 4.90 Å². The quantitative estimate of drug-likeness (QED) is 0.785. The smallest absolute Gasteiger partial charge is 0.256 e. The molecule has 0 aromatic heterocycles. The lowest BCUT2D eigenvalue weighted by atomic mass is 10.2. The van der Waals surface area contributed by atoms with E-state index in [0.29, 0.717) is 17.1 Å². The van der Waals surface area contributed by atoms with Gasteiger partial charge in [0.2, 0.25) is 0 Å². The Balaban J connectivity index is 3.03. The van der Waals surface area contributed by atoms with Crippen LogP contribution in [0.25, 0.3) is 0 Å². The van der Waals surface area contributed by atoms with Gasteiger partial charge in [0.1, 0.15) is 0 Å². The molecule has 0 aliphatic heterocycles. The average Bonchev–Trinajstić information content (AvgIpc) is 2.28. The Kier molecular flexibility index (Phi) is 4.85. The van der Waals surface area contributed by atoms with Crippen LogP contribution in [0, 0.1) is 12.3 Å². The third-order valence-electron chi connectivity index (χ3n) is 2.11. The number of halogens is 2. The summed E-state index contributed by atoms with van der Waals surface area (Å²) in [5, 5.41) is 0.434. The summed E-state index contributed by atoms with van der Waals surface area (Å²) in [7, 11) is 0. The van der Waals surface area contributed by atoms with Crippen LogP contribution in [0.1, 0.15) is 17.3 Å². The van der Waals surface area contributed by atoms with Gasteiger partial charge >= 0.3 is 0 Å². The highest BCUT2D eigenvalue weighted by Crippen LogP contribution is 2.22. The number of carbonyl (C=O) groups excluding carboxylic acids is 1. The first kappa shape index (κ1) is 13.1. The maximum Gasteiger partial charge on any atom is 0.256 e. The molecule has 4 heteroatoms. The van der Waals surface area contributed by atoms with Gasteiger partial charge < -0.3 is 4.90 Å². The zero-order valence-corrected chi connectivity index (χ0v) is 11.2. The van der Waals surface area contributed by atoms with Crippen LogP contribution in [-0.2, 0) is 0 Å². The largest absolute Gasteiger partial charge is 0.328 e. The molecular weight excluding hydrogens is 289 g/mol. The zero-order valence-electron chi connectivity index (χ0n) is 8.84. The van der Waals surface area contributed by atoms with Gasteiger partial charge in [-0.2, -0.15) is 0 Å². The lowest BCUT2D eigenvalue weighted by molar-refractivity contribution is 0.0785. The summed E-state index contributed by atoms with van der Waals surface area (Å²) < 4.78 is 0.817. The molecule has 0 unspecified atom stereocenters. The van der Waals surface area contributed by atoms with Gasteiger partial charge in [0.05, 0.1) is 17.1 Å². The molecule has 0 aliphatic carbocycles. The normalized spacial score (nSPS) is 9.62. The third kappa shape index (κ3) is 3.01. The second-order valence-electron chi connectivity index (χ2n) is 3.15. The van der Waals surface area contributed by atoms with Crippen molar-refractivity contribution in [2.45, 2.75) is 6.92 Å². The first-order chi connectivity index (χ1) is 7.60. The van der Waals surface area contributed by atoms with Gasteiger partial charge in [0.15, 0.2) is 0 Å². The number of nitrogens with zero attached hydrogens (tertiary/aromatic N) is 1. The van der Waals surface area contributed by atoms with Crippen molar-refractivity contribution in [1.29, 1.82) is 0 Å². The fourth-order valence-corrected chi connectivity index (χ4v) is 1.83. The van der Waals surface area contributed by atoms with Crippen molar-refractivity contribution in [2.75, 3.05) is 13.1 Å². The summed E-state index contributed by atoms with van der Waals surface area (Å²) in [6, 6.07) is 5.17. The molecule has 0 spiro atoms. The fraction of sp³-hybridized carbons (Fsp3) is 0.250. The molecule has 0 bridgehead atoms. The standard InChI is InChI=1S/C12H11BrClNO/c1-3-7-15(4-2)12(16)10-8-9(13)5-6-11(10)14/h1,5-6,8H,4,7H2,2H3. The Bertz CT molecular complexity index is 439. The highest BCUT2D eigenvalue weighted by Gasteiger charge is 2.16. The minimum atomic E-state index is -0.147. The minimum Gasteiger partial charge on any atom is -0.328 e. The van der Waals surface area contributed by atoms with Crippen LogP contribution in [0.2, 0.25) is 5.02 Å². The minimum absolute atomic E-state index is 0.147. The Hall–Kier alpha value is -0.980. The number of terminal acetylenes is 1. The summed E-state index contributed by atoms with van der Waals surface area (Å²) in [5.74, 6) is 2.31. The number of amides is 1. The Morgan fingerprint density at radius 2 is 2.31 bits per heavy atom. The van der Waals surface area contributed by atoms with Gasteiger partial charge in [0, 0.05) is 11.0 Å². The maximum atomic E-state index is 12.1. The predicted octanol–water partition coefficient (Wildman–Crippen LogP) is 3.20. The van der Waals surface area contributed by atoms with Crippen LogP contribution in [0.15, 0.2) is 22.7 Å². The van der Waals surface area contributed by atoms with E-state index < -0.39 is 0 Å². The molecule has 0 fully saturated rings. The van der Waals surface area contributed by atoms with Gasteiger partial charge in [-0.3, -0.25) is 4.79 Å². The predicted molar refractivity (Wildman–Crippen MR) is 69.6 cm³/mol. The fourth-order valence-electron chi connectivity index (χ4n) is 1.27. The molecule has 0 heterocycles. The van der Waals surface area contributed by atoms with Crippen LogP contribution < -0.4 is 0 Å². The number of hydrogen-bond acceptors (Lipinski definition) is 1. The molecule has 0 atom stereocenters. The van der Waals surface area contributed by atoms with Crippen molar-refractivity contribution in [3.8, 4) is 12.3 Å². The Labute approximate surface area is 109 Å². The first-order valence-electron chi connectivity index (χ1n) is 4.78. The molecule has 84 valence electrons. The zero-order chi connectivity index (χ0) is 12.1. The summed E-state index contributed by atoms with van der Waals surface area (Å²) in [4.78, 5) is 13.6. The molecule has 1 amide bonds. The molecule has 2 nitrogen and oxygen atoms in total. The van der Waals surface area contributed by atoms with E-state index in [-0.39, 0.29) is 12.5 Å². The van der Waals surface area contributed by atoms with E-state index in [2.05, 4.69) is 21.9 Å². The topological polar surface area (TPSA) is 20.3 Å². The lowest BCUT2D eigenvalue weighted by Gasteiger charge is -2.18. The lowest BCUT2D eigenvalue weighted by Crippen LogP contribution is -2.31. The van der Waals surface area contributed by atoms with Crippen molar-refractivity contribution in [3.05, 3.63) is 33.3 Å². The van der Waals surface area contributed by atoms with Crippen molar-refractivity contribution < 1.29 is 4.79 Å². The molecule has 0 saturated heterocycles. The van der Waals surface area contributed by atoms with Gasteiger partial charge in [-0.25, -0.2) is 0 Å². The SMILES string of the molecule is C#CCN(CC)C(=O)c1cc(Br)ccc1Cl. The van der Waals surface area contributed by atoms with E-state index in [9.17, 15) is 4.79 Å². The second kappa shape index (κ2) is 5.93. The Morgan fingerprint density at radius 3 is 2.88 bits per heavy atom. The van der Waals surface area contributed by atoms with Crippen LogP contribution >= 0.6 is 27.5 Å². The highest BCUT2D eigenvalue weighted by molar-refractivity contribution is 9.10. The highest BCUT2D eigenvalue weighted by atomic mass is 79.9. The molecule has 0 N–H and O–H groups in total. The van der Waals surface area contributed by atoms with Crippen LogP contribution in [0.5, 0.6) is 0 Å². The molecular formula is C12H11BrClNO. The number of hydrogen-bond donors (Lipinski definition) is 0. The van der Waals surface area contributed by atoms with Crippen LogP contribution in [0.4, 0.5) is 0 Å². The maximum absolute atomic E-state index is 12.1. The van der Waals surface area contributed by atoms with E-state index in [1.54, 1.807) is 23.1 Å². The molecule has 1 aromatic rings. The molecule has 16 heavy (non-hydrogen) atoms. The summed E-state index contributed by atoms with van der Waals surface area (Å²) >= 11 is 9.28. The van der Waals surface area contributed by atoms with E-state index in [0.717, 1.165) is 4.47 Å². The van der Waals surface area contributed by atoms with Crippen molar-refractivity contribution in [2.24, 2.45) is 0 Å². The van der Waals surface area contributed by atoms with E-state index in [1.807, 2.05) is 6.92 Å². The summed E-state index contributed by atoms with van der Waals surface area (Å²) in [6.45, 7) is 2.73. The van der Waals surface area contributed by atoms with Crippen LogP contribution in [0.3, 0.4) is 0 Å². The summed E-state index contributed by atoms with van der Waals surface area (Å²) in [5.41, 5.74) is 0.466. The molecule has 0 saturated carbocycles. The van der Waals surface area contributed by atoms with Crippen molar-refractivity contribution in [3.63, 3.8) is 0 Å². The number of carbonyl (C=O) groups is 1. The van der Waals surface area contributed by atoms with Gasteiger partial charge in [0.25, 0.3) is 5.91 Å². The third-order valence-corrected chi connectivity index (χ3v) is 2.93. The van der Waals surface area contributed by atoms with Gasteiger partial charge in [-0.15, -0.1) is 6.42 Å². The molecule has 0 aliphatic rings. The van der Waals surface area contributed by atoms with Gasteiger partial charge in [-0.1, -0.05) is 33.5 Å². The molecule has 1 rings (SSSR count). The second-order valence-corrected chi connectivity index (χ2v) is 4.47. The van der Waals surface area contributed by atoms with Gasteiger partial charge in [-0.05, 0) is 25.1 Å². The van der Waals surface area contributed by atoms with Crippen LogP contribution in [-0.4, -0.2) is 23.9 Å². The molecule has 1 aromatic carbocycles. The van der Waals surface area contributed by atoms with E-state index in [1.165, 1.54) is 0 Å². The Morgan fingerprint density at radius 1 is 1.62 bits per heavy atom. The monoisotopic (exact) mass is 299 g/mol. The van der Waals surface area contributed by atoms with Crippen molar-refractivity contribution >= 4 is 33.4 Å². The van der Waals surface area contributed by atoms with E-state index in [4.69, 9.17) is 18.0 Å².